The minimum atomic E-state index is -0.119. The van der Waals surface area contributed by atoms with Crippen LogP contribution in [0, 0.1) is 0 Å². The van der Waals surface area contributed by atoms with Crippen molar-refractivity contribution in [2.24, 2.45) is 0 Å². The first-order chi connectivity index (χ1) is 6.40. The van der Waals surface area contributed by atoms with Gasteiger partial charge in [-0.3, -0.25) is 9.97 Å². The third-order valence-electron chi connectivity index (χ3n) is 2.04. The van der Waals surface area contributed by atoms with E-state index >= 15 is 0 Å². The molecule has 13 heavy (non-hydrogen) atoms. The molecule has 1 aliphatic heterocycles. The summed E-state index contributed by atoms with van der Waals surface area (Å²) in [5, 5.41) is 0. The number of nitrogens with zero attached hydrogens (tertiary/aromatic N) is 2. The summed E-state index contributed by atoms with van der Waals surface area (Å²) >= 11 is 0. The van der Waals surface area contributed by atoms with Gasteiger partial charge in [0.2, 0.25) is 0 Å². The molecular formula is C8H10N4O. The molecule has 5 heteroatoms. The normalized spacial score (nSPS) is 27.4. The van der Waals surface area contributed by atoms with E-state index in [1.54, 1.807) is 18.6 Å². The zero-order valence-electron chi connectivity index (χ0n) is 6.97. The van der Waals surface area contributed by atoms with Gasteiger partial charge >= 0.3 is 0 Å². The highest BCUT2D eigenvalue weighted by Gasteiger charge is 2.25. The largest absolute Gasteiger partial charge is 0.302 e. The minimum Gasteiger partial charge on any atom is -0.302 e. The molecule has 2 rings (SSSR count). The second-order valence-corrected chi connectivity index (χ2v) is 2.95. The van der Waals surface area contributed by atoms with Crippen molar-refractivity contribution in [3.63, 3.8) is 0 Å². The molecule has 2 atom stereocenters. The second kappa shape index (κ2) is 3.59. The van der Waals surface area contributed by atoms with Gasteiger partial charge in [-0.1, -0.05) is 0 Å². The van der Waals surface area contributed by atoms with Gasteiger partial charge in [0.1, 0.15) is 6.29 Å². The van der Waals surface area contributed by atoms with Crippen molar-refractivity contribution in [3.05, 3.63) is 24.3 Å². The number of hydrogen-bond acceptors (Lipinski definition) is 5. The van der Waals surface area contributed by atoms with Crippen LogP contribution in [0.15, 0.2) is 18.6 Å². The Bertz CT molecular complexity index is 289. The monoisotopic (exact) mass is 178 g/mol. The van der Waals surface area contributed by atoms with Crippen molar-refractivity contribution in [1.82, 2.24) is 20.8 Å². The van der Waals surface area contributed by atoms with E-state index in [9.17, 15) is 4.79 Å². The predicted molar refractivity (Wildman–Crippen MR) is 45.5 cm³/mol. The summed E-state index contributed by atoms with van der Waals surface area (Å²) < 4.78 is 0. The zero-order chi connectivity index (χ0) is 9.10. The van der Waals surface area contributed by atoms with Crippen molar-refractivity contribution in [2.75, 3.05) is 0 Å². The Morgan fingerprint density at radius 2 is 2.38 bits per heavy atom. The second-order valence-electron chi connectivity index (χ2n) is 2.95. The first-order valence-electron chi connectivity index (χ1n) is 4.12. The molecule has 2 unspecified atom stereocenters. The summed E-state index contributed by atoms with van der Waals surface area (Å²) in [4.78, 5) is 18.6. The lowest BCUT2D eigenvalue weighted by Crippen LogP contribution is -2.31. The van der Waals surface area contributed by atoms with Gasteiger partial charge in [-0.25, -0.2) is 10.9 Å². The molecule has 0 saturated carbocycles. The lowest BCUT2D eigenvalue weighted by atomic mass is 10.1. The molecule has 5 nitrogen and oxygen atoms in total. The van der Waals surface area contributed by atoms with Crippen LogP contribution in [0.4, 0.5) is 0 Å². The molecule has 0 amide bonds. The zero-order valence-corrected chi connectivity index (χ0v) is 6.97. The van der Waals surface area contributed by atoms with E-state index in [0.717, 1.165) is 18.4 Å². The molecular weight excluding hydrogens is 168 g/mol. The summed E-state index contributed by atoms with van der Waals surface area (Å²) in [5.41, 5.74) is 6.72. The Labute approximate surface area is 75.6 Å². The Morgan fingerprint density at radius 3 is 3.00 bits per heavy atom. The summed E-state index contributed by atoms with van der Waals surface area (Å²) in [6.07, 6.45) is 6.59. The van der Waals surface area contributed by atoms with Gasteiger partial charge in [-0.15, -0.1) is 0 Å². The van der Waals surface area contributed by atoms with Crippen LogP contribution in [0.1, 0.15) is 18.2 Å². The SMILES string of the molecule is O=CC1CC(c2cnccn2)NN1. The van der Waals surface area contributed by atoms with E-state index in [-0.39, 0.29) is 12.1 Å². The highest BCUT2D eigenvalue weighted by Crippen LogP contribution is 2.17. The van der Waals surface area contributed by atoms with Crippen LogP contribution in [0.3, 0.4) is 0 Å². The first-order valence-corrected chi connectivity index (χ1v) is 4.12. The fourth-order valence-electron chi connectivity index (χ4n) is 1.35. The molecule has 0 radical (unpaired) electrons. The Balaban J connectivity index is 2.08. The van der Waals surface area contributed by atoms with Crippen molar-refractivity contribution in [3.8, 4) is 0 Å². The van der Waals surface area contributed by atoms with Crippen LogP contribution in [0.2, 0.25) is 0 Å². The molecule has 1 fully saturated rings. The fraction of sp³-hybridized carbons (Fsp3) is 0.375. The Hall–Kier alpha value is -1.33. The van der Waals surface area contributed by atoms with Crippen LogP contribution in [0.5, 0.6) is 0 Å². The number of carbonyl (C=O) groups is 1. The van der Waals surface area contributed by atoms with Gasteiger partial charge in [0.25, 0.3) is 0 Å². The number of aromatic nitrogens is 2. The first kappa shape index (κ1) is 8.28. The van der Waals surface area contributed by atoms with Crippen LogP contribution in [-0.4, -0.2) is 22.3 Å². The average molecular weight is 178 g/mol. The third kappa shape index (κ3) is 1.71. The number of nitrogens with one attached hydrogen (secondary N) is 2. The Kier molecular flexibility index (Phi) is 2.29. The van der Waals surface area contributed by atoms with E-state index in [2.05, 4.69) is 20.8 Å². The smallest absolute Gasteiger partial charge is 0.138 e. The molecule has 0 aliphatic carbocycles. The van der Waals surface area contributed by atoms with Crippen molar-refractivity contribution in [2.45, 2.75) is 18.5 Å². The topological polar surface area (TPSA) is 66.9 Å². The molecule has 1 saturated heterocycles. The molecule has 2 N–H and O–H groups in total. The van der Waals surface area contributed by atoms with Gasteiger partial charge < -0.3 is 4.79 Å². The van der Waals surface area contributed by atoms with Gasteiger partial charge in [0.15, 0.2) is 0 Å². The van der Waals surface area contributed by atoms with E-state index in [0.29, 0.717) is 0 Å². The lowest BCUT2D eigenvalue weighted by molar-refractivity contribution is -0.109. The quantitative estimate of drug-likeness (QED) is 0.602. The molecule has 2 heterocycles. The standard InChI is InChI=1S/C8H10N4O/c13-5-6-3-7(12-11-6)8-4-9-1-2-10-8/h1-2,4-7,11-12H,3H2. The number of hydrazine groups is 1. The number of aldehydes is 1. The van der Waals surface area contributed by atoms with Crippen molar-refractivity contribution < 1.29 is 4.79 Å². The Morgan fingerprint density at radius 1 is 1.46 bits per heavy atom. The van der Waals surface area contributed by atoms with Gasteiger partial charge in [-0.2, -0.15) is 0 Å². The summed E-state index contributed by atoms with van der Waals surface area (Å²) in [6.45, 7) is 0. The van der Waals surface area contributed by atoms with E-state index in [4.69, 9.17) is 0 Å². The third-order valence-corrected chi connectivity index (χ3v) is 2.04. The van der Waals surface area contributed by atoms with Crippen LogP contribution in [-0.2, 0) is 4.79 Å². The summed E-state index contributed by atoms with van der Waals surface area (Å²) in [5.74, 6) is 0. The van der Waals surface area contributed by atoms with E-state index in [1.807, 2.05) is 0 Å². The molecule has 0 aromatic carbocycles. The molecule has 1 aromatic heterocycles. The van der Waals surface area contributed by atoms with Gasteiger partial charge in [0.05, 0.1) is 24.0 Å². The highest BCUT2D eigenvalue weighted by atomic mass is 16.1. The maximum atomic E-state index is 10.4. The molecule has 68 valence electrons. The van der Waals surface area contributed by atoms with Gasteiger partial charge in [-0.05, 0) is 6.42 Å². The van der Waals surface area contributed by atoms with Crippen molar-refractivity contribution >= 4 is 6.29 Å². The molecule has 0 spiro atoms. The van der Waals surface area contributed by atoms with Crippen LogP contribution < -0.4 is 10.9 Å². The minimum absolute atomic E-state index is 0.0869. The number of hydrogen-bond donors (Lipinski definition) is 2. The highest BCUT2D eigenvalue weighted by molar-refractivity contribution is 5.58. The number of rotatable bonds is 2. The van der Waals surface area contributed by atoms with E-state index < -0.39 is 0 Å². The maximum Gasteiger partial charge on any atom is 0.138 e. The molecule has 0 bridgehead atoms. The maximum absolute atomic E-state index is 10.4. The molecule has 1 aromatic rings. The summed E-state index contributed by atoms with van der Waals surface area (Å²) in [7, 11) is 0. The fourth-order valence-corrected chi connectivity index (χ4v) is 1.35. The van der Waals surface area contributed by atoms with Gasteiger partial charge in [0, 0.05) is 12.4 Å². The van der Waals surface area contributed by atoms with Crippen molar-refractivity contribution in [1.29, 1.82) is 0 Å². The number of carbonyl (C=O) groups excluding carboxylic acids is 1. The lowest BCUT2D eigenvalue weighted by Gasteiger charge is -2.05. The van der Waals surface area contributed by atoms with Crippen LogP contribution in [0.25, 0.3) is 0 Å². The van der Waals surface area contributed by atoms with Crippen LogP contribution >= 0.6 is 0 Å². The summed E-state index contributed by atoms with van der Waals surface area (Å²) in [6, 6.07) is -0.0316. The van der Waals surface area contributed by atoms with E-state index in [1.165, 1.54) is 0 Å². The predicted octanol–water partition coefficient (Wildman–Crippen LogP) is -0.417. The molecule has 1 aliphatic rings. The average Bonchev–Trinajstić information content (AvgIpc) is 2.67.